The minimum atomic E-state index is -0.352. The average Bonchev–Trinajstić information content (AvgIpc) is 2.92. The van der Waals surface area contributed by atoms with E-state index in [0.29, 0.717) is 21.6 Å². The fourth-order valence-corrected chi connectivity index (χ4v) is 5.06. The molecule has 136 valence electrons. The lowest BCUT2D eigenvalue weighted by molar-refractivity contribution is 0.161. The molecular formula is C18H24ClFN4S. The van der Waals surface area contributed by atoms with Crippen molar-refractivity contribution in [2.45, 2.75) is 57.7 Å². The van der Waals surface area contributed by atoms with Crippen molar-refractivity contribution in [1.82, 2.24) is 15.5 Å². The van der Waals surface area contributed by atoms with Crippen LogP contribution in [0.15, 0.2) is 18.2 Å². The minimum Gasteiger partial charge on any atom is -0.347 e. The highest BCUT2D eigenvalue weighted by Crippen LogP contribution is 2.37. The summed E-state index contributed by atoms with van der Waals surface area (Å²) in [7, 11) is 2.07. The number of rotatable bonds is 3. The molecule has 1 N–H and O–H groups in total. The summed E-state index contributed by atoms with van der Waals surface area (Å²) in [6.45, 7) is 8.94. The Balaban J connectivity index is 1.84. The summed E-state index contributed by atoms with van der Waals surface area (Å²) in [5.74, 6) is -0.352. The maximum atomic E-state index is 13.3. The Hall–Kier alpha value is -1.24. The second kappa shape index (κ2) is 6.49. The maximum Gasteiger partial charge on any atom is 0.208 e. The van der Waals surface area contributed by atoms with Crippen LogP contribution >= 0.6 is 22.9 Å². The molecule has 0 atom stereocenters. The number of piperidine rings is 1. The van der Waals surface area contributed by atoms with Crippen molar-refractivity contribution in [3.8, 4) is 10.6 Å². The predicted octanol–water partition coefficient (Wildman–Crippen LogP) is 4.74. The van der Waals surface area contributed by atoms with E-state index < -0.39 is 0 Å². The lowest BCUT2D eigenvalue weighted by Crippen LogP contribution is -2.61. The second-order valence-corrected chi connectivity index (χ2v) is 9.44. The largest absolute Gasteiger partial charge is 0.347 e. The first kappa shape index (κ1) is 18.5. The van der Waals surface area contributed by atoms with Crippen LogP contribution in [0, 0.1) is 5.82 Å². The fourth-order valence-electron chi connectivity index (χ4n) is 3.83. The molecule has 1 aliphatic heterocycles. The Morgan fingerprint density at radius 3 is 2.44 bits per heavy atom. The van der Waals surface area contributed by atoms with E-state index in [-0.39, 0.29) is 16.9 Å². The van der Waals surface area contributed by atoms with Gasteiger partial charge in [0.25, 0.3) is 0 Å². The summed E-state index contributed by atoms with van der Waals surface area (Å²) in [6.07, 6.45) is 2.05. The van der Waals surface area contributed by atoms with E-state index in [1.165, 1.54) is 23.5 Å². The van der Waals surface area contributed by atoms with Gasteiger partial charge in [-0.3, -0.25) is 0 Å². The predicted molar refractivity (Wildman–Crippen MR) is 103 cm³/mol. The molecule has 1 aliphatic rings. The Morgan fingerprint density at radius 2 is 1.84 bits per heavy atom. The van der Waals surface area contributed by atoms with Crippen molar-refractivity contribution in [3.05, 3.63) is 29.0 Å². The van der Waals surface area contributed by atoms with E-state index in [4.69, 9.17) is 11.6 Å². The van der Waals surface area contributed by atoms with Crippen LogP contribution in [0.5, 0.6) is 0 Å². The number of hydrogen-bond donors (Lipinski definition) is 1. The molecule has 1 saturated heterocycles. The molecule has 0 aliphatic carbocycles. The number of nitrogens with zero attached hydrogens (tertiary/aromatic N) is 3. The topological polar surface area (TPSA) is 41.1 Å². The highest BCUT2D eigenvalue weighted by molar-refractivity contribution is 7.18. The van der Waals surface area contributed by atoms with E-state index in [2.05, 4.69) is 55.2 Å². The number of anilines is 1. The van der Waals surface area contributed by atoms with E-state index in [1.807, 2.05) is 0 Å². The van der Waals surface area contributed by atoms with Gasteiger partial charge in [-0.2, -0.15) is 0 Å². The van der Waals surface area contributed by atoms with Gasteiger partial charge in [-0.15, -0.1) is 10.2 Å². The summed E-state index contributed by atoms with van der Waals surface area (Å²) in [5, 5.41) is 14.2. The monoisotopic (exact) mass is 382 g/mol. The van der Waals surface area contributed by atoms with Crippen LogP contribution < -0.4 is 10.2 Å². The Kier molecular flexibility index (Phi) is 4.81. The zero-order valence-electron chi connectivity index (χ0n) is 15.2. The summed E-state index contributed by atoms with van der Waals surface area (Å²) in [4.78, 5) is 2.21. The third kappa shape index (κ3) is 4.13. The molecule has 1 aromatic carbocycles. The molecule has 0 radical (unpaired) electrons. The molecule has 1 aromatic heterocycles. The van der Waals surface area contributed by atoms with Gasteiger partial charge in [0.2, 0.25) is 5.13 Å². The van der Waals surface area contributed by atoms with Gasteiger partial charge in [0.15, 0.2) is 5.01 Å². The summed E-state index contributed by atoms with van der Waals surface area (Å²) < 4.78 is 13.3. The molecular weight excluding hydrogens is 359 g/mol. The normalized spacial score (nSPS) is 19.8. The molecule has 1 fully saturated rings. The van der Waals surface area contributed by atoms with Crippen molar-refractivity contribution in [3.63, 3.8) is 0 Å². The lowest BCUT2D eigenvalue weighted by Gasteiger charge is -2.48. The molecule has 25 heavy (non-hydrogen) atoms. The van der Waals surface area contributed by atoms with Crippen LogP contribution in [0.25, 0.3) is 10.6 Å². The van der Waals surface area contributed by atoms with Gasteiger partial charge in [0.05, 0.1) is 5.02 Å². The molecule has 7 heteroatoms. The maximum absolute atomic E-state index is 13.3. The van der Waals surface area contributed by atoms with Crippen molar-refractivity contribution in [2.75, 3.05) is 11.9 Å². The minimum absolute atomic E-state index is 0.0639. The van der Waals surface area contributed by atoms with Crippen molar-refractivity contribution in [1.29, 1.82) is 0 Å². The van der Waals surface area contributed by atoms with Crippen molar-refractivity contribution >= 4 is 28.1 Å². The van der Waals surface area contributed by atoms with Gasteiger partial charge < -0.3 is 10.2 Å². The third-order valence-electron chi connectivity index (χ3n) is 4.59. The molecule has 0 amide bonds. The standard InChI is InChI=1S/C18H24ClFN4S/c1-17(2)9-12(10-18(3,4)23-17)24(5)16-22-21-15(25-16)13-7-6-11(20)8-14(13)19/h6-8,12,23H,9-10H2,1-5H3. The van der Waals surface area contributed by atoms with Crippen LogP contribution in [-0.4, -0.2) is 34.4 Å². The molecule has 2 heterocycles. The first-order valence-corrected chi connectivity index (χ1v) is 9.57. The van der Waals surface area contributed by atoms with E-state index in [9.17, 15) is 4.39 Å². The Labute approximate surface area is 157 Å². The first-order valence-electron chi connectivity index (χ1n) is 8.37. The van der Waals surface area contributed by atoms with Crippen LogP contribution in [0.1, 0.15) is 40.5 Å². The SMILES string of the molecule is CN(c1nnc(-c2ccc(F)cc2Cl)s1)C1CC(C)(C)NC(C)(C)C1. The summed E-state index contributed by atoms with van der Waals surface area (Å²) >= 11 is 7.64. The average molecular weight is 383 g/mol. The Morgan fingerprint density at radius 1 is 1.20 bits per heavy atom. The van der Waals surface area contributed by atoms with E-state index in [1.54, 1.807) is 6.07 Å². The number of benzene rings is 1. The van der Waals surface area contributed by atoms with Gasteiger partial charge in [-0.1, -0.05) is 22.9 Å². The molecule has 0 bridgehead atoms. The summed E-state index contributed by atoms with van der Waals surface area (Å²) in [5.41, 5.74) is 0.842. The summed E-state index contributed by atoms with van der Waals surface area (Å²) in [6, 6.07) is 4.72. The van der Waals surface area contributed by atoms with Gasteiger partial charge in [0, 0.05) is 29.7 Å². The van der Waals surface area contributed by atoms with Crippen molar-refractivity contribution < 1.29 is 4.39 Å². The lowest BCUT2D eigenvalue weighted by atomic mass is 9.79. The van der Waals surface area contributed by atoms with Gasteiger partial charge in [0.1, 0.15) is 5.82 Å². The van der Waals surface area contributed by atoms with Crippen molar-refractivity contribution in [2.24, 2.45) is 0 Å². The van der Waals surface area contributed by atoms with Crippen LogP contribution in [0.4, 0.5) is 9.52 Å². The van der Waals surface area contributed by atoms with Gasteiger partial charge in [-0.25, -0.2) is 4.39 Å². The third-order valence-corrected chi connectivity index (χ3v) is 5.95. The van der Waals surface area contributed by atoms with Gasteiger partial charge in [-0.05, 0) is 58.7 Å². The zero-order valence-corrected chi connectivity index (χ0v) is 16.8. The molecule has 2 aromatic rings. The van der Waals surface area contributed by atoms with Gasteiger partial charge >= 0.3 is 0 Å². The number of halogens is 2. The number of hydrogen-bond acceptors (Lipinski definition) is 5. The Bertz CT molecular complexity index is 758. The second-order valence-electron chi connectivity index (χ2n) is 8.08. The van der Waals surface area contributed by atoms with Crippen LogP contribution in [0.3, 0.4) is 0 Å². The van der Waals surface area contributed by atoms with E-state index >= 15 is 0 Å². The molecule has 0 spiro atoms. The molecule has 3 rings (SSSR count). The quantitative estimate of drug-likeness (QED) is 0.832. The van der Waals surface area contributed by atoms with Crippen LogP contribution in [-0.2, 0) is 0 Å². The van der Waals surface area contributed by atoms with Crippen LogP contribution in [0.2, 0.25) is 5.02 Å². The molecule has 0 saturated carbocycles. The molecule has 4 nitrogen and oxygen atoms in total. The fraction of sp³-hybridized carbons (Fsp3) is 0.556. The highest BCUT2D eigenvalue weighted by atomic mass is 35.5. The number of nitrogens with one attached hydrogen (secondary N) is 1. The highest BCUT2D eigenvalue weighted by Gasteiger charge is 2.39. The number of aromatic nitrogens is 2. The smallest absolute Gasteiger partial charge is 0.208 e. The first-order chi connectivity index (χ1) is 11.6. The zero-order chi connectivity index (χ0) is 18.4. The van der Waals surface area contributed by atoms with E-state index in [0.717, 1.165) is 18.0 Å². The molecule has 0 unspecified atom stereocenters.